The van der Waals surface area contributed by atoms with Crippen molar-refractivity contribution in [2.75, 3.05) is 0 Å². The standard InChI is InChI=1S/C5H8O2.Eu/c1-3-5(7)4(2)6;/h3H2,1-2H3;. The smallest absolute Gasteiger partial charge is 0.197 e. The predicted octanol–water partition coefficient (Wildman–Crippen LogP) is 0.554. The molecule has 0 aliphatic heterocycles. The van der Waals surface area contributed by atoms with Gasteiger partial charge in [-0.25, -0.2) is 0 Å². The van der Waals surface area contributed by atoms with E-state index in [4.69, 9.17) is 0 Å². The Bertz CT molecular complexity index is 98.6. The Kier molecular flexibility index (Phi) is 8.84. The number of Topliss-reactive ketones (excluding diaryl/α,β-unsaturated/α-hetero) is 2. The molecule has 47 valence electrons. The van der Waals surface area contributed by atoms with E-state index in [9.17, 15) is 9.59 Å². The van der Waals surface area contributed by atoms with Crippen LogP contribution in [-0.2, 0) is 9.59 Å². The van der Waals surface area contributed by atoms with Crippen molar-refractivity contribution >= 4 is 11.6 Å². The van der Waals surface area contributed by atoms with Gasteiger partial charge in [-0.1, -0.05) is 6.92 Å². The van der Waals surface area contributed by atoms with Crippen LogP contribution in [0.15, 0.2) is 0 Å². The van der Waals surface area contributed by atoms with Gasteiger partial charge in [0.15, 0.2) is 11.6 Å². The van der Waals surface area contributed by atoms with Crippen molar-refractivity contribution in [2.45, 2.75) is 20.3 Å². The summed E-state index contributed by atoms with van der Waals surface area (Å²) in [7, 11) is 0. The van der Waals surface area contributed by atoms with Crippen LogP contribution in [0.5, 0.6) is 0 Å². The van der Waals surface area contributed by atoms with Gasteiger partial charge in [-0.15, -0.1) is 0 Å². The monoisotopic (exact) mass is 253 g/mol. The average molecular weight is 252 g/mol. The second-order valence-electron chi connectivity index (χ2n) is 1.33. The number of ketones is 2. The van der Waals surface area contributed by atoms with Gasteiger partial charge >= 0.3 is 0 Å². The largest absolute Gasteiger partial charge is 0.291 e. The van der Waals surface area contributed by atoms with Crippen molar-refractivity contribution in [2.24, 2.45) is 0 Å². The van der Waals surface area contributed by atoms with E-state index in [1.165, 1.54) is 6.92 Å². The molecule has 8 heavy (non-hydrogen) atoms. The van der Waals surface area contributed by atoms with Gasteiger partial charge in [0.2, 0.25) is 0 Å². The summed E-state index contributed by atoms with van der Waals surface area (Å²) in [5, 5.41) is 0. The van der Waals surface area contributed by atoms with Crippen molar-refractivity contribution < 1.29 is 59.0 Å². The molecule has 0 bridgehead atoms. The summed E-state index contributed by atoms with van der Waals surface area (Å²) in [4.78, 5) is 20.2. The van der Waals surface area contributed by atoms with Crippen LogP contribution in [0.1, 0.15) is 20.3 Å². The Labute approximate surface area is 89.6 Å². The zero-order chi connectivity index (χ0) is 5.86. The second-order valence-corrected chi connectivity index (χ2v) is 1.33. The molecule has 0 aliphatic rings. The van der Waals surface area contributed by atoms with Crippen molar-refractivity contribution in [3.63, 3.8) is 0 Å². The van der Waals surface area contributed by atoms with Crippen LogP contribution in [0.25, 0.3) is 0 Å². The molecule has 0 saturated heterocycles. The summed E-state index contributed by atoms with van der Waals surface area (Å²) in [6, 6.07) is 0. The first-order valence-corrected chi connectivity index (χ1v) is 2.22. The number of hydrogen-bond acceptors (Lipinski definition) is 2. The molecule has 0 aromatic rings. The van der Waals surface area contributed by atoms with Crippen LogP contribution in [-0.4, -0.2) is 11.6 Å². The van der Waals surface area contributed by atoms with Gasteiger partial charge in [0.1, 0.15) is 0 Å². The second kappa shape index (κ2) is 6.05. The third-order valence-electron chi connectivity index (χ3n) is 0.714. The number of hydrogen-bond donors (Lipinski definition) is 0. The fourth-order valence-electron chi connectivity index (χ4n) is 0.249. The predicted molar refractivity (Wildman–Crippen MR) is 26.0 cm³/mol. The van der Waals surface area contributed by atoms with E-state index < -0.39 is 0 Å². The SMILES string of the molecule is CCC(=O)C(C)=O.[Eu]. The normalized spacial score (nSPS) is 7.25. The van der Waals surface area contributed by atoms with Crippen molar-refractivity contribution in [1.29, 1.82) is 0 Å². The van der Waals surface area contributed by atoms with Crippen molar-refractivity contribution in [3.8, 4) is 0 Å². The molecule has 0 aromatic heterocycles. The van der Waals surface area contributed by atoms with Crippen LogP contribution in [0.2, 0.25) is 0 Å². The topological polar surface area (TPSA) is 34.1 Å². The Morgan fingerprint density at radius 2 is 1.75 bits per heavy atom. The summed E-state index contributed by atoms with van der Waals surface area (Å²) in [5.74, 6) is -0.637. The molecule has 0 aromatic carbocycles. The Morgan fingerprint density at radius 1 is 1.38 bits per heavy atom. The van der Waals surface area contributed by atoms with Gasteiger partial charge in [-0.05, 0) is 0 Å². The molecule has 0 saturated carbocycles. The average Bonchev–Trinajstić information content (AvgIpc) is 1.65. The molecular formula is C5H8EuO2. The zero-order valence-electron chi connectivity index (χ0n) is 4.90. The van der Waals surface area contributed by atoms with Gasteiger partial charge in [-0.2, -0.15) is 0 Å². The molecule has 0 N–H and O–H groups in total. The first kappa shape index (κ1) is 11.7. The van der Waals surface area contributed by atoms with E-state index in [0.717, 1.165) is 0 Å². The van der Waals surface area contributed by atoms with Crippen LogP contribution < -0.4 is 0 Å². The van der Waals surface area contributed by atoms with E-state index in [1.807, 2.05) is 0 Å². The van der Waals surface area contributed by atoms with E-state index in [2.05, 4.69) is 0 Å². The number of carbonyl (C=O) groups is 2. The molecule has 0 fully saturated rings. The van der Waals surface area contributed by atoms with E-state index >= 15 is 0 Å². The molecule has 3 heteroatoms. The Morgan fingerprint density at radius 3 is 1.75 bits per heavy atom. The van der Waals surface area contributed by atoms with Crippen LogP contribution >= 0.6 is 0 Å². The molecule has 0 amide bonds. The van der Waals surface area contributed by atoms with Gasteiger partial charge in [0, 0.05) is 62.7 Å². The number of rotatable bonds is 2. The van der Waals surface area contributed by atoms with Gasteiger partial charge in [0.25, 0.3) is 0 Å². The fourth-order valence-corrected chi connectivity index (χ4v) is 0.249. The molecule has 0 unspecified atom stereocenters. The summed E-state index contributed by atoms with van der Waals surface area (Å²) >= 11 is 0. The van der Waals surface area contributed by atoms with Crippen molar-refractivity contribution in [1.82, 2.24) is 0 Å². The summed E-state index contributed by atoms with van der Waals surface area (Å²) in [6.07, 6.45) is 0.329. The summed E-state index contributed by atoms with van der Waals surface area (Å²) in [5.41, 5.74) is 0. The quantitative estimate of drug-likeness (QED) is 0.673. The third-order valence-corrected chi connectivity index (χ3v) is 0.714. The Balaban J connectivity index is 0. The van der Waals surface area contributed by atoms with E-state index in [0.29, 0.717) is 6.42 Å². The first-order chi connectivity index (χ1) is 3.18. The van der Waals surface area contributed by atoms with Crippen LogP contribution in [0.4, 0.5) is 0 Å². The minimum absolute atomic E-state index is 0. The van der Waals surface area contributed by atoms with Crippen LogP contribution in [0, 0.1) is 49.4 Å². The fraction of sp³-hybridized carbons (Fsp3) is 0.600. The minimum Gasteiger partial charge on any atom is -0.291 e. The summed E-state index contributed by atoms with van der Waals surface area (Å²) in [6.45, 7) is 2.95. The molecule has 0 heterocycles. The molecule has 0 rings (SSSR count). The Hall–Kier alpha value is 0.924. The molecule has 0 atom stereocenters. The van der Waals surface area contributed by atoms with Gasteiger partial charge in [-0.3, -0.25) is 9.59 Å². The zero-order valence-corrected chi connectivity index (χ0v) is 7.33. The summed E-state index contributed by atoms with van der Waals surface area (Å²) < 4.78 is 0. The molecule has 0 aliphatic carbocycles. The molecule has 2 nitrogen and oxygen atoms in total. The van der Waals surface area contributed by atoms with Crippen molar-refractivity contribution in [3.05, 3.63) is 0 Å². The maximum Gasteiger partial charge on any atom is 0.197 e. The molecule has 1 radical (unpaired) electrons. The molecule has 0 spiro atoms. The van der Waals surface area contributed by atoms with Crippen LogP contribution in [0.3, 0.4) is 0 Å². The maximum atomic E-state index is 10.2. The molecular weight excluding hydrogens is 244 g/mol. The first-order valence-electron chi connectivity index (χ1n) is 2.22. The van der Waals surface area contributed by atoms with E-state index in [1.54, 1.807) is 6.92 Å². The third kappa shape index (κ3) is 5.07. The minimum atomic E-state index is -0.345. The van der Waals surface area contributed by atoms with Gasteiger partial charge in [0.05, 0.1) is 0 Å². The maximum absolute atomic E-state index is 10.2. The van der Waals surface area contributed by atoms with E-state index in [-0.39, 0.29) is 60.9 Å². The number of carbonyl (C=O) groups excluding carboxylic acids is 2. The van der Waals surface area contributed by atoms with Gasteiger partial charge < -0.3 is 0 Å².